The van der Waals surface area contributed by atoms with Crippen LogP contribution in [-0.2, 0) is 0 Å². The molecule has 0 bridgehead atoms. The molecule has 0 aliphatic rings. The minimum atomic E-state index is -1.08. The fourth-order valence-corrected chi connectivity index (χ4v) is 2.54. The van der Waals surface area contributed by atoms with Crippen molar-refractivity contribution in [3.05, 3.63) is 71.2 Å². The Morgan fingerprint density at radius 3 is 2.46 bits per heavy atom. The molecule has 3 aromatic carbocycles. The first-order valence-electron chi connectivity index (χ1n) is 7.41. The topological polar surface area (TPSA) is 55.8 Å². The van der Waals surface area contributed by atoms with Crippen molar-refractivity contribution in [3.8, 4) is 11.5 Å². The minimum Gasteiger partial charge on any atom is -0.490 e. The molecule has 0 heterocycles. The molecular weight excluding hydrogens is 328 g/mol. The van der Waals surface area contributed by atoms with Crippen LogP contribution in [0.3, 0.4) is 0 Å². The zero-order valence-electron chi connectivity index (χ0n) is 12.7. The van der Waals surface area contributed by atoms with Gasteiger partial charge in [0.1, 0.15) is 30.3 Å². The van der Waals surface area contributed by atoms with Crippen molar-refractivity contribution in [3.63, 3.8) is 0 Å². The van der Waals surface area contributed by atoms with Crippen LogP contribution >= 0.6 is 11.6 Å². The first-order valence-corrected chi connectivity index (χ1v) is 7.78. The lowest BCUT2D eigenvalue weighted by atomic mass is 10.1. The minimum absolute atomic E-state index is 0.0354. The third-order valence-electron chi connectivity index (χ3n) is 3.50. The van der Waals surface area contributed by atoms with Crippen molar-refractivity contribution >= 4 is 28.3 Å². The second kappa shape index (κ2) is 7.23. The highest BCUT2D eigenvalue weighted by molar-refractivity contribution is 6.31. The number of carboxylic acids is 1. The number of ether oxygens (including phenoxy) is 2. The molecule has 1 N–H and O–H groups in total. The van der Waals surface area contributed by atoms with E-state index in [-0.39, 0.29) is 17.9 Å². The monoisotopic (exact) mass is 342 g/mol. The molecule has 0 aliphatic carbocycles. The third-order valence-corrected chi connectivity index (χ3v) is 3.74. The van der Waals surface area contributed by atoms with Crippen molar-refractivity contribution in [1.29, 1.82) is 0 Å². The summed E-state index contributed by atoms with van der Waals surface area (Å²) in [4.78, 5) is 11.2. The van der Waals surface area contributed by atoms with Crippen molar-refractivity contribution < 1.29 is 19.4 Å². The largest absolute Gasteiger partial charge is 0.490 e. The molecule has 3 aromatic rings. The summed E-state index contributed by atoms with van der Waals surface area (Å²) in [6.07, 6.45) is 0. The van der Waals surface area contributed by atoms with Crippen LogP contribution < -0.4 is 9.47 Å². The Morgan fingerprint density at radius 1 is 0.917 bits per heavy atom. The van der Waals surface area contributed by atoms with E-state index < -0.39 is 5.97 Å². The van der Waals surface area contributed by atoms with E-state index in [2.05, 4.69) is 0 Å². The molecule has 0 saturated heterocycles. The first kappa shape index (κ1) is 16.1. The summed E-state index contributed by atoms with van der Waals surface area (Å²) >= 11 is 5.81. The van der Waals surface area contributed by atoms with Gasteiger partial charge in [0.05, 0.1) is 0 Å². The maximum absolute atomic E-state index is 11.2. The molecule has 0 radical (unpaired) electrons. The van der Waals surface area contributed by atoms with E-state index in [9.17, 15) is 4.79 Å². The van der Waals surface area contributed by atoms with E-state index >= 15 is 0 Å². The highest BCUT2D eigenvalue weighted by Crippen LogP contribution is 2.23. The van der Waals surface area contributed by atoms with Gasteiger partial charge < -0.3 is 14.6 Å². The Hall–Kier alpha value is -2.72. The number of halogens is 1. The van der Waals surface area contributed by atoms with Gasteiger partial charge in [0.25, 0.3) is 0 Å². The lowest BCUT2D eigenvalue weighted by molar-refractivity contribution is 0.0691. The van der Waals surface area contributed by atoms with Gasteiger partial charge in [-0.3, -0.25) is 0 Å². The van der Waals surface area contributed by atoms with Crippen molar-refractivity contribution in [2.75, 3.05) is 13.2 Å². The van der Waals surface area contributed by atoms with Crippen LogP contribution in [0.2, 0.25) is 5.02 Å². The molecule has 0 spiro atoms. The molecule has 5 heteroatoms. The zero-order valence-corrected chi connectivity index (χ0v) is 13.5. The van der Waals surface area contributed by atoms with E-state index in [1.807, 2.05) is 42.5 Å². The van der Waals surface area contributed by atoms with Crippen LogP contribution in [0.25, 0.3) is 10.8 Å². The van der Waals surface area contributed by atoms with E-state index in [4.69, 9.17) is 26.2 Å². The Bertz CT molecular complexity index is 876. The summed E-state index contributed by atoms with van der Waals surface area (Å²) in [6.45, 7) is 0.536. The lowest BCUT2D eigenvalue weighted by Gasteiger charge is -2.11. The average molecular weight is 343 g/mol. The number of hydrogen-bond acceptors (Lipinski definition) is 3. The molecule has 0 aromatic heterocycles. The van der Waals surface area contributed by atoms with Gasteiger partial charge in [-0.25, -0.2) is 4.79 Å². The maximum atomic E-state index is 11.2. The molecule has 0 saturated carbocycles. The Labute approximate surface area is 144 Å². The third kappa shape index (κ3) is 3.78. The Balaban J connectivity index is 1.59. The van der Waals surface area contributed by atoms with Crippen molar-refractivity contribution in [2.24, 2.45) is 0 Å². The van der Waals surface area contributed by atoms with Crippen LogP contribution in [0.4, 0.5) is 0 Å². The standard InChI is InChI=1S/C19H15ClO4/c20-15-6-8-18(17(12-15)19(21)22)24-10-9-23-16-7-5-13-3-1-2-4-14(13)11-16/h1-8,11-12H,9-10H2,(H,21,22). The van der Waals surface area contributed by atoms with Gasteiger partial charge in [-0.05, 0) is 41.1 Å². The summed E-state index contributed by atoms with van der Waals surface area (Å²) in [6, 6.07) is 18.4. The Morgan fingerprint density at radius 2 is 1.67 bits per heavy atom. The summed E-state index contributed by atoms with van der Waals surface area (Å²) < 4.78 is 11.2. The summed E-state index contributed by atoms with van der Waals surface area (Å²) in [5, 5.41) is 11.8. The van der Waals surface area contributed by atoms with E-state index in [1.165, 1.54) is 6.07 Å². The second-order valence-corrected chi connectivity index (χ2v) is 5.59. The zero-order chi connectivity index (χ0) is 16.9. The number of carbonyl (C=O) groups is 1. The fourth-order valence-electron chi connectivity index (χ4n) is 2.36. The van der Waals surface area contributed by atoms with E-state index in [1.54, 1.807) is 12.1 Å². The fraction of sp³-hybridized carbons (Fsp3) is 0.105. The summed E-state index contributed by atoms with van der Waals surface area (Å²) in [5.41, 5.74) is 0.0354. The molecule has 0 aliphatic heterocycles. The molecule has 122 valence electrons. The molecular formula is C19H15ClO4. The average Bonchev–Trinajstić information content (AvgIpc) is 2.59. The molecule has 0 atom stereocenters. The number of rotatable bonds is 6. The van der Waals surface area contributed by atoms with Gasteiger partial charge in [0, 0.05) is 5.02 Å². The van der Waals surface area contributed by atoms with Gasteiger partial charge in [-0.1, -0.05) is 41.9 Å². The van der Waals surface area contributed by atoms with Crippen LogP contribution in [0.1, 0.15) is 10.4 Å². The number of aromatic carboxylic acids is 1. The first-order chi connectivity index (χ1) is 11.6. The van der Waals surface area contributed by atoms with E-state index in [0.717, 1.165) is 16.5 Å². The highest BCUT2D eigenvalue weighted by atomic mass is 35.5. The SMILES string of the molecule is O=C(O)c1cc(Cl)ccc1OCCOc1ccc2ccccc2c1. The van der Waals surface area contributed by atoms with Crippen LogP contribution in [0, 0.1) is 0 Å². The molecule has 4 nitrogen and oxygen atoms in total. The predicted molar refractivity (Wildman–Crippen MR) is 93.3 cm³/mol. The predicted octanol–water partition coefficient (Wildman–Crippen LogP) is 4.65. The number of benzene rings is 3. The van der Waals surface area contributed by atoms with Crippen LogP contribution in [0.5, 0.6) is 11.5 Å². The number of carboxylic acid groups (broad SMARTS) is 1. The quantitative estimate of drug-likeness (QED) is 0.662. The van der Waals surface area contributed by atoms with Crippen LogP contribution in [0.15, 0.2) is 60.7 Å². The van der Waals surface area contributed by atoms with Crippen LogP contribution in [-0.4, -0.2) is 24.3 Å². The Kier molecular flexibility index (Phi) is 4.87. The molecule has 24 heavy (non-hydrogen) atoms. The summed E-state index contributed by atoms with van der Waals surface area (Å²) in [5.74, 6) is -0.0659. The number of hydrogen-bond donors (Lipinski definition) is 1. The molecule has 3 rings (SSSR count). The second-order valence-electron chi connectivity index (χ2n) is 5.15. The van der Waals surface area contributed by atoms with Gasteiger partial charge >= 0.3 is 5.97 Å². The van der Waals surface area contributed by atoms with Gasteiger partial charge in [-0.2, -0.15) is 0 Å². The van der Waals surface area contributed by atoms with E-state index in [0.29, 0.717) is 11.6 Å². The maximum Gasteiger partial charge on any atom is 0.339 e. The molecule has 0 fully saturated rings. The summed E-state index contributed by atoms with van der Waals surface area (Å²) in [7, 11) is 0. The highest BCUT2D eigenvalue weighted by Gasteiger charge is 2.11. The molecule has 0 amide bonds. The molecule has 0 unspecified atom stereocenters. The normalized spacial score (nSPS) is 10.5. The van der Waals surface area contributed by atoms with Crippen molar-refractivity contribution in [1.82, 2.24) is 0 Å². The van der Waals surface area contributed by atoms with Gasteiger partial charge in [0.2, 0.25) is 0 Å². The smallest absolute Gasteiger partial charge is 0.339 e. The number of fused-ring (bicyclic) bond motifs is 1. The lowest BCUT2D eigenvalue weighted by Crippen LogP contribution is -2.11. The van der Waals surface area contributed by atoms with Gasteiger partial charge in [0.15, 0.2) is 0 Å². The van der Waals surface area contributed by atoms with Gasteiger partial charge in [-0.15, -0.1) is 0 Å². The van der Waals surface area contributed by atoms with Crippen molar-refractivity contribution in [2.45, 2.75) is 0 Å².